The molecule has 1 atom stereocenters. The number of anilines is 1. The average Bonchev–Trinajstić information content (AvgIpc) is 2.87. The van der Waals surface area contributed by atoms with Gasteiger partial charge in [-0.2, -0.15) is 0 Å². The highest BCUT2D eigenvalue weighted by atomic mass is 16.5. The molecule has 1 saturated carbocycles. The number of amides is 2. The molecule has 0 spiro atoms. The number of carbonyl (C=O) groups is 2. The Morgan fingerprint density at radius 1 is 1.03 bits per heavy atom. The first-order chi connectivity index (χ1) is 16.1. The number of nitrogens with one attached hydrogen (secondary N) is 3. The van der Waals surface area contributed by atoms with Gasteiger partial charge < -0.3 is 26.4 Å². The van der Waals surface area contributed by atoms with E-state index in [1.165, 1.54) is 6.42 Å². The minimum Gasteiger partial charge on any atom is -0.497 e. The van der Waals surface area contributed by atoms with Gasteiger partial charge in [0.05, 0.1) is 13.0 Å². The van der Waals surface area contributed by atoms with E-state index in [-0.39, 0.29) is 17.7 Å². The van der Waals surface area contributed by atoms with Crippen LogP contribution in [0.5, 0.6) is 5.75 Å². The fraction of sp³-hybridized carbons (Fsp3) is 0.462. The Bertz CT molecular complexity index is 895. The molecule has 0 aliphatic heterocycles. The van der Waals surface area contributed by atoms with Gasteiger partial charge in [0, 0.05) is 37.4 Å². The number of ether oxygens (including phenoxy) is 1. The zero-order valence-electron chi connectivity index (χ0n) is 19.4. The molecule has 0 heterocycles. The van der Waals surface area contributed by atoms with Crippen LogP contribution in [0.25, 0.3) is 0 Å². The van der Waals surface area contributed by atoms with Gasteiger partial charge in [0.25, 0.3) is 5.91 Å². The van der Waals surface area contributed by atoms with Crippen molar-refractivity contribution in [1.82, 2.24) is 10.6 Å². The van der Waals surface area contributed by atoms with Crippen molar-refractivity contribution in [2.45, 2.75) is 38.6 Å². The van der Waals surface area contributed by atoms with Gasteiger partial charge in [-0.05, 0) is 60.7 Å². The summed E-state index contributed by atoms with van der Waals surface area (Å²) in [5.74, 6) is 0.715. The van der Waals surface area contributed by atoms with E-state index < -0.39 is 0 Å². The molecule has 7 heteroatoms. The molecule has 178 valence electrons. The molecule has 0 saturated heterocycles. The zero-order chi connectivity index (χ0) is 23.5. The van der Waals surface area contributed by atoms with Crippen LogP contribution in [-0.4, -0.2) is 38.6 Å². The normalized spacial score (nSPS) is 14.8. The molecule has 0 radical (unpaired) electrons. The molecule has 1 fully saturated rings. The van der Waals surface area contributed by atoms with Crippen LogP contribution >= 0.6 is 0 Å². The Labute approximate surface area is 196 Å². The van der Waals surface area contributed by atoms with Crippen LogP contribution in [0.3, 0.4) is 0 Å². The number of rotatable bonds is 11. The molecule has 1 aliphatic rings. The van der Waals surface area contributed by atoms with Crippen molar-refractivity contribution < 1.29 is 14.3 Å². The molecule has 2 aromatic carbocycles. The van der Waals surface area contributed by atoms with Gasteiger partial charge in [0.2, 0.25) is 5.91 Å². The predicted octanol–water partition coefficient (Wildman–Crippen LogP) is 3.31. The Balaban J connectivity index is 1.52. The van der Waals surface area contributed by atoms with Gasteiger partial charge in [-0.1, -0.05) is 31.4 Å². The molecule has 2 amide bonds. The first-order valence-electron chi connectivity index (χ1n) is 11.8. The molecule has 7 nitrogen and oxygen atoms in total. The standard InChI is InChI=1S/C26H36N4O3/c1-33-23-12-10-22(11-13-23)28-14-15-29-26(32)24(20-7-3-2-4-8-20)18-30-25(31)21-9-5-6-19(16-21)17-27/h5-6,9-13,16,20,24,28H,2-4,7-8,14-15,17-18,27H2,1H3,(H,29,32)(H,30,31). The third-order valence-electron chi connectivity index (χ3n) is 6.31. The van der Waals surface area contributed by atoms with Gasteiger partial charge in [0.15, 0.2) is 0 Å². The van der Waals surface area contributed by atoms with Crippen LogP contribution in [0.2, 0.25) is 0 Å². The van der Waals surface area contributed by atoms with Crippen LogP contribution in [0.15, 0.2) is 48.5 Å². The Hall–Kier alpha value is -3.06. The van der Waals surface area contributed by atoms with Crippen molar-refractivity contribution in [2.75, 3.05) is 32.1 Å². The van der Waals surface area contributed by atoms with E-state index in [1.54, 1.807) is 19.2 Å². The molecule has 1 aliphatic carbocycles. The van der Waals surface area contributed by atoms with Crippen LogP contribution in [0.1, 0.15) is 48.0 Å². The monoisotopic (exact) mass is 452 g/mol. The van der Waals surface area contributed by atoms with Gasteiger partial charge in [0.1, 0.15) is 5.75 Å². The summed E-state index contributed by atoms with van der Waals surface area (Å²) in [6.07, 6.45) is 5.55. The van der Waals surface area contributed by atoms with Gasteiger partial charge in [-0.15, -0.1) is 0 Å². The predicted molar refractivity (Wildman–Crippen MR) is 131 cm³/mol. The van der Waals surface area contributed by atoms with Crippen LogP contribution < -0.4 is 26.4 Å². The third-order valence-corrected chi connectivity index (χ3v) is 6.31. The lowest BCUT2D eigenvalue weighted by atomic mass is 9.79. The summed E-state index contributed by atoms with van der Waals surface area (Å²) in [6, 6.07) is 15.0. The smallest absolute Gasteiger partial charge is 0.251 e. The molecule has 0 aromatic heterocycles. The van der Waals surface area contributed by atoms with Gasteiger partial charge in [-0.25, -0.2) is 0 Å². The average molecular weight is 453 g/mol. The lowest BCUT2D eigenvalue weighted by Crippen LogP contribution is -2.44. The van der Waals surface area contributed by atoms with E-state index in [4.69, 9.17) is 10.5 Å². The second-order valence-electron chi connectivity index (χ2n) is 8.57. The molecular weight excluding hydrogens is 416 g/mol. The molecule has 3 rings (SSSR count). The lowest BCUT2D eigenvalue weighted by molar-refractivity contribution is -0.126. The van der Waals surface area contributed by atoms with Crippen molar-refractivity contribution in [1.29, 1.82) is 0 Å². The second kappa shape index (κ2) is 12.8. The quantitative estimate of drug-likeness (QED) is 0.392. The second-order valence-corrected chi connectivity index (χ2v) is 8.57. The van der Waals surface area contributed by atoms with Crippen LogP contribution in [0.4, 0.5) is 5.69 Å². The van der Waals surface area contributed by atoms with Crippen molar-refractivity contribution in [3.05, 3.63) is 59.7 Å². The molecule has 1 unspecified atom stereocenters. The van der Waals surface area contributed by atoms with Crippen molar-refractivity contribution in [3.63, 3.8) is 0 Å². The maximum Gasteiger partial charge on any atom is 0.251 e. The first kappa shape index (κ1) is 24.6. The van der Waals surface area contributed by atoms with E-state index in [1.807, 2.05) is 36.4 Å². The van der Waals surface area contributed by atoms with E-state index in [0.717, 1.165) is 42.7 Å². The topological polar surface area (TPSA) is 105 Å². The molecular formula is C26H36N4O3. The van der Waals surface area contributed by atoms with Crippen molar-refractivity contribution in [2.24, 2.45) is 17.6 Å². The summed E-state index contributed by atoms with van der Waals surface area (Å²) < 4.78 is 5.17. The Kier molecular flexibility index (Phi) is 9.57. The maximum atomic E-state index is 13.1. The zero-order valence-corrected chi connectivity index (χ0v) is 19.4. The SMILES string of the molecule is COc1ccc(NCCNC(=O)C(CNC(=O)c2cccc(CN)c2)C2CCCCC2)cc1. The summed E-state index contributed by atoms with van der Waals surface area (Å²) in [4.78, 5) is 25.7. The minimum atomic E-state index is -0.229. The van der Waals surface area contributed by atoms with E-state index >= 15 is 0 Å². The number of methoxy groups -OCH3 is 1. The lowest BCUT2D eigenvalue weighted by Gasteiger charge is -2.29. The highest BCUT2D eigenvalue weighted by Crippen LogP contribution is 2.30. The highest BCUT2D eigenvalue weighted by Gasteiger charge is 2.29. The fourth-order valence-electron chi connectivity index (χ4n) is 4.39. The summed E-state index contributed by atoms with van der Waals surface area (Å²) in [6.45, 7) is 1.86. The van der Waals surface area contributed by atoms with E-state index in [9.17, 15) is 9.59 Å². The highest BCUT2D eigenvalue weighted by molar-refractivity contribution is 5.94. The largest absolute Gasteiger partial charge is 0.497 e. The number of nitrogens with two attached hydrogens (primary N) is 1. The van der Waals surface area contributed by atoms with Crippen molar-refractivity contribution in [3.8, 4) is 5.75 Å². The maximum absolute atomic E-state index is 13.1. The van der Waals surface area contributed by atoms with Crippen LogP contribution in [-0.2, 0) is 11.3 Å². The van der Waals surface area contributed by atoms with E-state index in [2.05, 4.69) is 16.0 Å². The minimum absolute atomic E-state index is 0.00874. The fourth-order valence-corrected chi connectivity index (χ4v) is 4.39. The molecule has 33 heavy (non-hydrogen) atoms. The number of carbonyl (C=O) groups excluding carboxylic acids is 2. The number of hydrogen-bond donors (Lipinski definition) is 4. The van der Waals surface area contributed by atoms with Crippen molar-refractivity contribution >= 4 is 17.5 Å². The van der Waals surface area contributed by atoms with E-state index in [0.29, 0.717) is 37.7 Å². The number of hydrogen-bond acceptors (Lipinski definition) is 5. The molecule has 5 N–H and O–H groups in total. The molecule has 0 bridgehead atoms. The van der Waals surface area contributed by atoms with Gasteiger partial charge in [-0.3, -0.25) is 9.59 Å². The Morgan fingerprint density at radius 3 is 2.48 bits per heavy atom. The van der Waals surface area contributed by atoms with Gasteiger partial charge >= 0.3 is 0 Å². The summed E-state index contributed by atoms with van der Waals surface area (Å²) in [5, 5.41) is 9.35. The third kappa shape index (κ3) is 7.49. The summed E-state index contributed by atoms with van der Waals surface area (Å²) in [7, 11) is 1.64. The summed E-state index contributed by atoms with van der Waals surface area (Å²) in [5.41, 5.74) is 8.15. The van der Waals surface area contributed by atoms with Crippen LogP contribution in [0, 0.1) is 11.8 Å². The molecule has 2 aromatic rings. The first-order valence-corrected chi connectivity index (χ1v) is 11.8. The number of benzene rings is 2. The Morgan fingerprint density at radius 2 is 1.79 bits per heavy atom. The summed E-state index contributed by atoms with van der Waals surface area (Å²) >= 11 is 0.